The van der Waals surface area contributed by atoms with Crippen molar-refractivity contribution in [2.45, 2.75) is 84.1 Å². The Kier molecular flexibility index (Phi) is 30.4. The molecule has 0 spiro atoms. The van der Waals surface area contributed by atoms with Crippen molar-refractivity contribution in [2.75, 3.05) is 18.8 Å². The molecule has 7 aromatic rings. The highest BCUT2D eigenvalue weighted by molar-refractivity contribution is 9.10. The Hall–Kier alpha value is -6.07. The molecule has 0 atom stereocenters. The minimum Gasteiger partial charge on any atom is -0.508 e. The van der Waals surface area contributed by atoms with E-state index in [9.17, 15) is 71.5 Å². The summed E-state index contributed by atoms with van der Waals surface area (Å²) in [6.07, 6.45) is 11.8. The van der Waals surface area contributed by atoms with Gasteiger partial charge in [-0.2, -0.15) is 0 Å². The second kappa shape index (κ2) is 35.6. The Morgan fingerprint density at radius 2 is 0.817 bits per heavy atom. The van der Waals surface area contributed by atoms with Gasteiger partial charge in [-0.1, -0.05) is 86.1 Å². The average molecular weight is 1580 g/mol. The molecule has 0 heterocycles. The highest BCUT2D eigenvalue weighted by Gasteiger charge is 2.22. The molecular formula is C62H59Br2Cl5F5N3O13S3. The molecule has 0 aromatic heterocycles. The van der Waals surface area contributed by atoms with E-state index in [1.54, 1.807) is 47.1 Å². The van der Waals surface area contributed by atoms with Crippen LogP contribution in [0.25, 0.3) is 0 Å². The largest absolute Gasteiger partial charge is 0.508 e. The van der Waals surface area contributed by atoms with Gasteiger partial charge in [0.05, 0.1) is 45.5 Å². The van der Waals surface area contributed by atoms with Gasteiger partial charge in [0, 0.05) is 36.0 Å². The number of halogens is 12. The van der Waals surface area contributed by atoms with E-state index >= 15 is 0 Å². The maximum Gasteiger partial charge on any atom is 0.338 e. The number of hydrogen-bond acceptors (Lipinski definition) is 12. The molecule has 502 valence electrons. The maximum absolute atomic E-state index is 14.2. The Bertz CT molecular complexity index is 4260. The van der Waals surface area contributed by atoms with E-state index in [1.165, 1.54) is 54.0 Å². The number of phenols is 1. The molecule has 0 bridgehead atoms. The summed E-state index contributed by atoms with van der Waals surface area (Å²) in [4.78, 5) is 45.0. The van der Waals surface area contributed by atoms with Gasteiger partial charge in [-0.05, 0) is 218 Å². The lowest BCUT2D eigenvalue weighted by Gasteiger charge is -2.17. The molecule has 3 amide bonds. The summed E-state index contributed by atoms with van der Waals surface area (Å²) < 4.78 is 143. The lowest BCUT2D eigenvalue weighted by molar-refractivity contribution is 0.0690. The third kappa shape index (κ3) is 26.2. The fourth-order valence-corrected chi connectivity index (χ4v) is 11.7. The van der Waals surface area contributed by atoms with Gasteiger partial charge < -0.3 is 14.9 Å². The molecular weight excluding hydrogens is 1520 g/mol. The monoisotopic (exact) mass is 1580 g/mol. The zero-order valence-corrected chi connectivity index (χ0v) is 59.4. The van der Waals surface area contributed by atoms with Crippen LogP contribution in [0.15, 0.2) is 102 Å². The standard InChI is InChI=1S/C19H19ClFNO4S.C10H12O.C9H8BrClFNO3S.C9H9ClFNO3S.C8H6ClFO2.C7H5BrClF/c1-27(24,25)22-19(23)16-10-17(20)14(9-18(16)21)11-26-15-7-6-12-4-2-3-5-13(12)8-15;11-10-6-5-8-3-1-2-4-9(8)7-10;1-17(15,16)13-9(14)6-3-7(11)5(4-10)2-8(6)12;1-5-3-8(11)6(4-7(5)10)9(13)12-16(2,14)15;1-4-2-7(10)5(8(11)12)3-6(4)9;1-4-2-7(10)5(8)3-6(4)9/h6-10H,2-5,11H2,1H3,(H,22,23);5-7,11H,1-4H2;2-3H,4H2,1H3,(H,13,14);3-4H,1-2H3,(H,12,13);2-3H,1H3,(H,11,12);2-3H,1H3. The molecule has 2 aliphatic rings. The van der Waals surface area contributed by atoms with Gasteiger partial charge in [-0.15, -0.1) is 0 Å². The van der Waals surface area contributed by atoms with Crippen molar-refractivity contribution in [1.82, 2.24) is 14.2 Å². The minimum absolute atomic E-state index is 0.0303. The number of ether oxygens (including phenoxy) is 1. The van der Waals surface area contributed by atoms with Crippen LogP contribution >= 0.6 is 89.9 Å². The first-order valence-corrected chi connectivity index (χ1v) is 36.5. The molecule has 0 radical (unpaired) electrons. The van der Waals surface area contributed by atoms with Crippen LogP contribution in [-0.2, 0) is 67.7 Å². The van der Waals surface area contributed by atoms with Crippen LogP contribution in [0.4, 0.5) is 22.0 Å². The first-order valence-electron chi connectivity index (χ1n) is 27.1. The number of aromatic hydroxyl groups is 1. The zero-order chi connectivity index (χ0) is 70.0. The summed E-state index contributed by atoms with van der Waals surface area (Å²) in [5, 5.41) is 19.3. The highest BCUT2D eigenvalue weighted by Crippen LogP contribution is 2.30. The molecule has 93 heavy (non-hydrogen) atoms. The topological polar surface area (TPSA) is 256 Å². The summed E-state index contributed by atoms with van der Waals surface area (Å²) in [5.74, 6) is -6.94. The Balaban J connectivity index is 0.000000247. The number of carboxylic acids is 1. The van der Waals surface area contributed by atoms with Gasteiger partial charge >= 0.3 is 5.97 Å². The van der Waals surface area contributed by atoms with Crippen molar-refractivity contribution in [1.29, 1.82) is 0 Å². The first-order chi connectivity index (χ1) is 43.2. The highest BCUT2D eigenvalue weighted by atomic mass is 79.9. The third-order valence-corrected chi connectivity index (χ3v) is 17.8. The number of fused-ring (bicyclic) bond motifs is 2. The van der Waals surface area contributed by atoms with E-state index in [4.69, 9.17) is 67.8 Å². The molecule has 0 saturated heterocycles. The second-order valence-corrected chi connectivity index (χ2v) is 29.4. The Labute approximate surface area is 576 Å². The number of nitrogens with one attached hydrogen (secondary N) is 3. The SMILES string of the molecule is CS(=O)(=O)NC(=O)c1cc(Cl)c(CBr)cc1F.CS(=O)(=O)NC(=O)c1cc(Cl)c(COc2ccc3c(c2)CCCC3)cc1F.Cc1cc(F)c(Br)cc1Cl.Cc1cc(F)c(C(=O)NS(C)(=O)=O)cc1Cl.Cc1cc(F)c(C(=O)O)cc1Cl.Oc1ccc2c(c1)CCCC2. The molecule has 0 aliphatic heterocycles. The summed E-state index contributed by atoms with van der Waals surface area (Å²) in [5.41, 5.74) is 6.30. The van der Waals surface area contributed by atoms with E-state index in [1.807, 2.05) is 30.3 Å². The van der Waals surface area contributed by atoms with Gasteiger partial charge in [-0.3, -0.25) is 14.4 Å². The number of aryl methyl sites for hydroxylation is 7. The smallest absolute Gasteiger partial charge is 0.338 e. The molecule has 31 heteroatoms. The van der Waals surface area contributed by atoms with E-state index < -0.39 is 99.3 Å². The number of aromatic carboxylic acids is 1. The summed E-state index contributed by atoms with van der Waals surface area (Å²) >= 11 is 35.0. The minimum atomic E-state index is -3.80. The number of phenolic OH excluding ortho intramolecular Hbond substituents is 1. The Morgan fingerprint density at radius 1 is 0.473 bits per heavy atom. The third-order valence-electron chi connectivity index (χ3n) is 13.0. The van der Waals surface area contributed by atoms with Crippen molar-refractivity contribution in [3.8, 4) is 11.5 Å². The predicted octanol–water partition coefficient (Wildman–Crippen LogP) is 15.5. The van der Waals surface area contributed by atoms with Crippen molar-refractivity contribution < 1.29 is 81.3 Å². The zero-order valence-electron chi connectivity index (χ0n) is 50.0. The molecule has 5 N–H and O–H groups in total. The van der Waals surface area contributed by atoms with Crippen LogP contribution in [0.3, 0.4) is 0 Å². The number of alkyl halides is 1. The fraction of sp³-hybridized carbons (Fsp3) is 0.258. The van der Waals surface area contributed by atoms with E-state index in [0.717, 1.165) is 98.5 Å². The van der Waals surface area contributed by atoms with Crippen LogP contribution < -0.4 is 18.9 Å². The predicted molar refractivity (Wildman–Crippen MR) is 358 cm³/mol. The van der Waals surface area contributed by atoms with Gasteiger partial charge in [0.15, 0.2) is 0 Å². The van der Waals surface area contributed by atoms with Crippen LogP contribution in [0.2, 0.25) is 25.1 Å². The summed E-state index contributed by atoms with van der Waals surface area (Å²) in [7, 11) is -11.3. The number of benzene rings is 7. The molecule has 0 fully saturated rings. The number of carbonyl (C=O) groups excluding carboxylic acids is 3. The molecule has 0 unspecified atom stereocenters. The number of carbonyl (C=O) groups is 4. The van der Waals surface area contributed by atoms with Gasteiger partial charge in [0.2, 0.25) is 30.1 Å². The molecule has 9 rings (SSSR count). The number of amides is 3. The van der Waals surface area contributed by atoms with Crippen LogP contribution in [0, 0.1) is 49.9 Å². The number of carboxylic acid groups (broad SMARTS) is 1. The quantitative estimate of drug-likeness (QED) is 0.0459. The van der Waals surface area contributed by atoms with Gasteiger partial charge in [0.1, 0.15) is 47.2 Å². The summed E-state index contributed by atoms with van der Waals surface area (Å²) in [6, 6.07) is 23.3. The van der Waals surface area contributed by atoms with Crippen molar-refractivity contribution in [2.24, 2.45) is 0 Å². The normalized spacial score (nSPS) is 12.2. The lowest BCUT2D eigenvalue weighted by Crippen LogP contribution is -2.30. The van der Waals surface area contributed by atoms with Crippen molar-refractivity contribution >= 4 is 144 Å². The fourth-order valence-electron chi connectivity index (χ4n) is 8.34. The van der Waals surface area contributed by atoms with E-state index in [-0.39, 0.29) is 32.5 Å². The summed E-state index contributed by atoms with van der Waals surface area (Å²) in [6.45, 7) is 4.97. The number of hydrogen-bond donors (Lipinski definition) is 5. The van der Waals surface area contributed by atoms with Crippen molar-refractivity contribution in [3.05, 3.63) is 228 Å². The van der Waals surface area contributed by atoms with Crippen LogP contribution in [0.5, 0.6) is 11.5 Å². The van der Waals surface area contributed by atoms with Gasteiger partial charge in [-0.25, -0.2) is 66.2 Å². The maximum atomic E-state index is 14.2. The second-order valence-electron chi connectivity index (χ2n) is 20.7. The van der Waals surface area contributed by atoms with E-state index in [0.29, 0.717) is 48.6 Å². The Morgan fingerprint density at radius 3 is 1.24 bits per heavy atom. The first kappa shape index (κ1) is 79.4. The molecule has 0 saturated carbocycles. The molecule has 16 nitrogen and oxygen atoms in total. The molecule has 2 aliphatic carbocycles. The molecule has 7 aromatic carbocycles. The van der Waals surface area contributed by atoms with Crippen molar-refractivity contribution in [3.63, 3.8) is 0 Å². The lowest BCUT2D eigenvalue weighted by atomic mass is 9.92. The van der Waals surface area contributed by atoms with Crippen LogP contribution in [-0.4, -0.2) is 77.9 Å². The van der Waals surface area contributed by atoms with Gasteiger partial charge in [0.25, 0.3) is 17.7 Å². The number of rotatable bonds is 11. The average Bonchev–Trinajstić information content (AvgIpc) is 1.03. The van der Waals surface area contributed by atoms with E-state index in [2.05, 4.69) is 31.9 Å². The van der Waals surface area contributed by atoms with Crippen LogP contribution in [0.1, 0.15) is 117 Å². The number of sulfonamides is 3.